The van der Waals surface area contributed by atoms with E-state index in [4.69, 9.17) is 11.1 Å². The minimum Gasteiger partial charge on any atom is -0.384 e. The van der Waals surface area contributed by atoms with Gasteiger partial charge >= 0.3 is 0 Å². The van der Waals surface area contributed by atoms with Gasteiger partial charge in [-0.15, -0.1) is 0 Å². The zero-order valence-electron chi connectivity index (χ0n) is 13.0. The number of nitrogens with two attached hydrogens (primary N) is 1. The average Bonchev–Trinajstić information content (AvgIpc) is 2.49. The van der Waals surface area contributed by atoms with Gasteiger partial charge < -0.3 is 5.73 Å². The summed E-state index contributed by atoms with van der Waals surface area (Å²) in [5, 5.41) is 7.34. The van der Waals surface area contributed by atoms with Gasteiger partial charge in [0.05, 0.1) is 0 Å². The molecule has 1 aromatic carbocycles. The number of amidine groups is 1. The number of rotatable bonds is 5. The first-order valence-electron chi connectivity index (χ1n) is 7.84. The Morgan fingerprint density at radius 3 is 2.52 bits per heavy atom. The van der Waals surface area contributed by atoms with E-state index in [1.807, 2.05) is 0 Å². The molecule has 1 saturated carbocycles. The first-order valence-corrected chi connectivity index (χ1v) is 7.84. The van der Waals surface area contributed by atoms with Gasteiger partial charge in [-0.05, 0) is 44.7 Å². The van der Waals surface area contributed by atoms with Gasteiger partial charge in [0.25, 0.3) is 0 Å². The van der Waals surface area contributed by atoms with E-state index in [0.29, 0.717) is 23.7 Å². The van der Waals surface area contributed by atoms with Gasteiger partial charge in [-0.3, -0.25) is 10.3 Å². The molecule has 0 atom stereocenters. The Bertz CT molecular complexity index is 493. The zero-order valence-corrected chi connectivity index (χ0v) is 13.0. The topological polar surface area (TPSA) is 53.1 Å². The van der Waals surface area contributed by atoms with Gasteiger partial charge in [-0.1, -0.05) is 25.5 Å². The Morgan fingerprint density at radius 1 is 1.33 bits per heavy atom. The van der Waals surface area contributed by atoms with Crippen LogP contribution in [0.25, 0.3) is 0 Å². The maximum absolute atomic E-state index is 14.1. The van der Waals surface area contributed by atoms with E-state index in [0.717, 1.165) is 5.92 Å². The van der Waals surface area contributed by atoms with Crippen molar-refractivity contribution < 1.29 is 4.39 Å². The summed E-state index contributed by atoms with van der Waals surface area (Å²) in [6, 6.07) is 5.39. The van der Waals surface area contributed by atoms with Crippen LogP contribution in [0.3, 0.4) is 0 Å². The first-order chi connectivity index (χ1) is 10.0. The molecule has 0 aromatic heterocycles. The van der Waals surface area contributed by atoms with Crippen molar-refractivity contribution in [3.8, 4) is 0 Å². The van der Waals surface area contributed by atoms with E-state index in [1.165, 1.54) is 38.2 Å². The Labute approximate surface area is 126 Å². The van der Waals surface area contributed by atoms with E-state index in [2.05, 4.69) is 18.9 Å². The maximum Gasteiger partial charge on any atom is 0.128 e. The standard InChI is InChI=1S/C17H26FN3/c1-3-12-4-8-15(9-5-12)21(2)11-14-7-6-13(17(19)20)10-16(14)18/h6-7,10,12,15H,3-5,8-9,11H2,1-2H3,(H3,19,20). The third-order valence-corrected chi connectivity index (χ3v) is 4.80. The second-order valence-corrected chi connectivity index (χ2v) is 6.22. The monoisotopic (exact) mass is 291 g/mol. The second kappa shape index (κ2) is 7.03. The number of hydrogen-bond donors (Lipinski definition) is 2. The largest absolute Gasteiger partial charge is 0.384 e. The number of hydrogen-bond acceptors (Lipinski definition) is 2. The van der Waals surface area contributed by atoms with E-state index in [9.17, 15) is 4.39 Å². The predicted octanol–water partition coefficient (Wildman–Crippen LogP) is 3.51. The third-order valence-electron chi connectivity index (χ3n) is 4.80. The first kappa shape index (κ1) is 16.0. The number of benzene rings is 1. The number of nitrogens with zero attached hydrogens (tertiary/aromatic N) is 1. The van der Waals surface area contributed by atoms with Crippen LogP contribution in [-0.2, 0) is 6.54 Å². The van der Waals surface area contributed by atoms with Crippen LogP contribution in [0.2, 0.25) is 0 Å². The van der Waals surface area contributed by atoms with E-state index >= 15 is 0 Å². The molecule has 0 radical (unpaired) electrons. The van der Waals surface area contributed by atoms with Crippen molar-refractivity contribution in [3.05, 3.63) is 35.1 Å². The summed E-state index contributed by atoms with van der Waals surface area (Å²) in [7, 11) is 2.08. The van der Waals surface area contributed by atoms with E-state index < -0.39 is 0 Å². The van der Waals surface area contributed by atoms with Crippen molar-refractivity contribution in [2.24, 2.45) is 11.7 Å². The third kappa shape index (κ3) is 4.03. The molecule has 4 heteroatoms. The predicted molar refractivity (Wildman–Crippen MR) is 84.9 cm³/mol. The highest BCUT2D eigenvalue weighted by molar-refractivity contribution is 5.94. The van der Waals surface area contributed by atoms with Crippen LogP contribution in [-0.4, -0.2) is 23.8 Å². The highest BCUT2D eigenvalue weighted by Gasteiger charge is 2.23. The molecular formula is C17H26FN3. The van der Waals surface area contributed by atoms with Crippen LogP contribution in [0, 0.1) is 17.1 Å². The molecule has 3 nitrogen and oxygen atoms in total. The lowest BCUT2D eigenvalue weighted by molar-refractivity contribution is 0.156. The van der Waals surface area contributed by atoms with E-state index in [1.54, 1.807) is 12.1 Å². The molecule has 0 bridgehead atoms. The lowest BCUT2D eigenvalue weighted by Crippen LogP contribution is -2.34. The smallest absolute Gasteiger partial charge is 0.128 e. The van der Waals surface area contributed by atoms with Crippen molar-refractivity contribution in [2.75, 3.05) is 7.05 Å². The lowest BCUT2D eigenvalue weighted by atomic mass is 9.84. The molecule has 0 saturated heterocycles. The normalized spacial score (nSPS) is 22.5. The molecule has 1 aromatic rings. The quantitative estimate of drug-likeness (QED) is 0.644. The minimum absolute atomic E-state index is 0.0910. The van der Waals surface area contributed by atoms with Crippen molar-refractivity contribution in [1.29, 1.82) is 5.41 Å². The van der Waals surface area contributed by atoms with Gasteiger partial charge in [-0.25, -0.2) is 4.39 Å². The summed E-state index contributed by atoms with van der Waals surface area (Å²) in [5.41, 5.74) is 6.51. The number of nitrogen functional groups attached to an aromatic ring is 1. The van der Waals surface area contributed by atoms with Crippen LogP contribution in [0.1, 0.15) is 50.2 Å². The summed E-state index contributed by atoms with van der Waals surface area (Å²) in [5.74, 6) is 0.518. The average molecular weight is 291 g/mol. The Kier molecular flexibility index (Phi) is 5.34. The molecule has 0 heterocycles. The summed E-state index contributed by atoms with van der Waals surface area (Å²) in [6.45, 7) is 2.88. The summed E-state index contributed by atoms with van der Waals surface area (Å²) < 4.78 is 14.1. The molecule has 116 valence electrons. The number of nitrogens with one attached hydrogen (secondary N) is 1. The van der Waals surface area contributed by atoms with Crippen molar-refractivity contribution in [2.45, 2.75) is 51.6 Å². The van der Waals surface area contributed by atoms with Crippen LogP contribution in [0.15, 0.2) is 18.2 Å². The Morgan fingerprint density at radius 2 is 2.00 bits per heavy atom. The molecular weight excluding hydrogens is 265 g/mol. The molecule has 1 aliphatic rings. The minimum atomic E-state index is -0.267. The summed E-state index contributed by atoms with van der Waals surface area (Å²) in [6.07, 6.45) is 6.27. The van der Waals surface area contributed by atoms with Crippen LogP contribution in [0.5, 0.6) is 0 Å². The number of halogens is 1. The molecule has 3 N–H and O–H groups in total. The van der Waals surface area contributed by atoms with Gasteiger partial charge in [-0.2, -0.15) is 0 Å². The molecule has 2 rings (SSSR count). The molecule has 0 spiro atoms. The Hall–Kier alpha value is -1.42. The zero-order chi connectivity index (χ0) is 15.4. The van der Waals surface area contributed by atoms with Crippen molar-refractivity contribution >= 4 is 5.84 Å². The molecule has 21 heavy (non-hydrogen) atoms. The van der Waals surface area contributed by atoms with Gasteiger partial charge in [0.2, 0.25) is 0 Å². The summed E-state index contributed by atoms with van der Waals surface area (Å²) >= 11 is 0. The van der Waals surface area contributed by atoms with Crippen LogP contribution >= 0.6 is 0 Å². The molecule has 0 amide bonds. The molecule has 1 aliphatic carbocycles. The fourth-order valence-corrected chi connectivity index (χ4v) is 3.23. The fraction of sp³-hybridized carbons (Fsp3) is 0.588. The molecule has 1 fully saturated rings. The summed E-state index contributed by atoms with van der Waals surface area (Å²) in [4.78, 5) is 2.26. The maximum atomic E-state index is 14.1. The van der Waals surface area contributed by atoms with Crippen molar-refractivity contribution in [1.82, 2.24) is 4.90 Å². The van der Waals surface area contributed by atoms with Gasteiger partial charge in [0, 0.05) is 23.7 Å². The second-order valence-electron chi connectivity index (χ2n) is 6.22. The Balaban J connectivity index is 1.96. The highest BCUT2D eigenvalue weighted by Crippen LogP contribution is 2.29. The van der Waals surface area contributed by atoms with Crippen molar-refractivity contribution in [3.63, 3.8) is 0 Å². The fourth-order valence-electron chi connectivity index (χ4n) is 3.23. The van der Waals surface area contributed by atoms with Crippen LogP contribution in [0.4, 0.5) is 4.39 Å². The lowest BCUT2D eigenvalue weighted by Gasteiger charge is -2.34. The molecule has 0 unspecified atom stereocenters. The van der Waals surface area contributed by atoms with Gasteiger partial charge in [0.1, 0.15) is 11.7 Å². The van der Waals surface area contributed by atoms with E-state index in [-0.39, 0.29) is 11.7 Å². The SMILES string of the molecule is CCC1CCC(N(C)Cc2ccc(C(=N)N)cc2F)CC1. The van der Waals surface area contributed by atoms with Gasteiger partial charge in [0.15, 0.2) is 0 Å². The van der Waals surface area contributed by atoms with Crippen LogP contribution < -0.4 is 5.73 Å². The highest BCUT2D eigenvalue weighted by atomic mass is 19.1. The molecule has 0 aliphatic heterocycles.